The van der Waals surface area contributed by atoms with E-state index < -0.39 is 33.4 Å². The third-order valence-electron chi connectivity index (χ3n) is 9.76. The summed E-state index contributed by atoms with van der Waals surface area (Å²) >= 11 is 8.24. The molecule has 0 aromatic heterocycles. The second kappa shape index (κ2) is 12.4. The molecule has 0 bridgehead atoms. The molecule has 4 heterocycles. The van der Waals surface area contributed by atoms with Crippen molar-refractivity contribution in [3.63, 3.8) is 0 Å². The molecule has 0 aliphatic carbocycles. The number of halogens is 1. The van der Waals surface area contributed by atoms with Crippen molar-refractivity contribution in [2.24, 2.45) is 17.8 Å². The summed E-state index contributed by atoms with van der Waals surface area (Å²) in [4.78, 5) is 49.7. The number of thioether (sulfide) groups is 1. The number of likely N-dealkylation sites (tertiary alicyclic amines) is 1. The number of ether oxygens (including phenoxy) is 1. The summed E-state index contributed by atoms with van der Waals surface area (Å²) in [5.41, 5.74) is 2.17. The first kappa shape index (κ1) is 32.7. The molecule has 10 heteroatoms. The van der Waals surface area contributed by atoms with E-state index in [0.717, 1.165) is 5.56 Å². The van der Waals surface area contributed by atoms with E-state index in [1.807, 2.05) is 95.3 Å². The Morgan fingerprint density at radius 2 is 1.67 bits per heavy atom. The molecule has 2 aromatic carbocycles. The number of aliphatic hydroxyl groups excluding tert-OH is 1. The van der Waals surface area contributed by atoms with E-state index in [1.165, 1.54) is 11.8 Å². The number of carbonyl (C=O) groups is 3. The fraction of sp³-hybridized carbons (Fsp3) is 0.472. The molecule has 4 aliphatic rings. The number of fused-ring (bicyclic) bond motifs is 2. The number of hydrogen-bond donors (Lipinski definition) is 1. The van der Waals surface area contributed by atoms with Gasteiger partial charge in [0.05, 0.1) is 46.5 Å². The summed E-state index contributed by atoms with van der Waals surface area (Å²) in [6, 6.07) is 11.4. The molecule has 6 rings (SSSR count). The van der Waals surface area contributed by atoms with Crippen LogP contribution in [0.15, 0.2) is 66.8 Å². The highest BCUT2D eigenvalue weighted by Crippen LogP contribution is 2.66. The Morgan fingerprint density at radius 1 is 0.978 bits per heavy atom. The van der Waals surface area contributed by atoms with Gasteiger partial charge in [0.25, 0.3) is 5.91 Å². The third kappa shape index (κ3) is 5.15. The summed E-state index contributed by atoms with van der Waals surface area (Å²) in [5, 5.41) is 11.2. The molecule has 1 unspecified atom stereocenters. The zero-order chi connectivity index (χ0) is 33.0. The van der Waals surface area contributed by atoms with Crippen LogP contribution in [0.5, 0.6) is 5.75 Å². The quantitative estimate of drug-likeness (QED) is 0.368. The molecule has 3 amide bonds. The van der Waals surface area contributed by atoms with E-state index in [9.17, 15) is 19.5 Å². The van der Waals surface area contributed by atoms with Crippen LogP contribution in [0.2, 0.25) is 5.02 Å². The van der Waals surface area contributed by atoms with Gasteiger partial charge >= 0.3 is 0 Å². The fourth-order valence-electron chi connectivity index (χ4n) is 7.96. The number of aliphatic hydroxyl groups is 1. The molecule has 6 atom stereocenters. The van der Waals surface area contributed by atoms with Crippen LogP contribution in [0.1, 0.15) is 39.7 Å². The lowest BCUT2D eigenvalue weighted by molar-refractivity contribution is -0.142. The maximum atomic E-state index is 15.0. The van der Waals surface area contributed by atoms with E-state index >= 15 is 0 Å². The van der Waals surface area contributed by atoms with E-state index in [4.69, 9.17) is 16.3 Å². The van der Waals surface area contributed by atoms with Gasteiger partial charge in [-0.15, -0.1) is 11.8 Å². The van der Waals surface area contributed by atoms with Gasteiger partial charge in [0.2, 0.25) is 11.8 Å². The highest BCUT2D eigenvalue weighted by molar-refractivity contribution is 8.02. The van der Waals surface area contributed by atoms with Gasteiger partial charge < -0.3 is 24.5 Å². The standard InChI is InChI=1S/C36H42ClN3O5S/c1-6-45-26-14-12-24(13-15-26)38-18-8-16-35(5)28(32(38)42)29-33(43)40(25(21-41)20-22(2)3)31-34(44)39(19-9-17-36(29,31)46-35)30-23(4)10-7-11-27(30)37/h7-17,22,25,28-29,31,41H,6,18-21H2,1-5H3/t25-,28+,29+,31?,35-,36+/m1/s1. The van der Waals surface area contributed by atoms with Crippen molar-refractivity contribution in [3.8, 4) is 5.75 Å². The van der Waals surface area contributed by atoms with Crippen molar-refractivity contribution in [3.05, 3.63) is 77.4 Å². The van der Waals surface area contributed by atoms with Crippen LogP contribution in [0.3, 0.4) is 0 Å². The van der Waals surface area contributed by atoms with Crippen molar-refractivity contribution in [1.29, 1.82) is 0 Å². The normalized spacial score (nSPS) is 29.5. The smallest absolute Gasteiger partial charge is 0.251 e. The van der Waals surface area contributed by atoms with Crippen LogP contribution in [-0.4, -0.2) is 75.6 Å². The van der Waals surface area contributed by atoms with Crippen molar-refractivity contribution < 1.29 is 24.2 Å². The van der Waals surface area contributed by atoms with Crippen molar-refractivity contribution in [2.45, 2.75) is 62.6 Å². The Balaban J connectivity index is 1.48. The molecule has 1 spiro atoms. The Morgan fingerprint density at radius 3 is 2.33 bits per heavy atom. The number of carbonyl (C=O) groups excluding carboxylic acids is 3. The topological polar surface area (TPSA) is 90.4 Å². The van der Waals surface area contributed by atoms with E-state index in [1.54, 1.807) is 20.8 Å². The lowest BCUT2D eigenvalue weighted by Gasteiger charge is -2.40. The molecule has 4 aliphatic heterocycles. The van der Waals surface area contributed by atoms with Gasteiger partial charge in [0, 0.05) is 23.5 Å². The van der Waals surface area contributed by atoms with Gasteiger partial charge in [-0.25, -0.2) is 0 Å². The number of aryl methyl sites for hydroxylation is 1. The van der Waals surface area contributed by atoms with Gasteiger partial charge in [-0.2, -0.15) is 0 Å². The predicted octanol–water partition coefficient (Wildman–Crippen LogP) is 5.65. The number of nitrogens with zero attached hydrogens (tertiary/aromatic N) is 3. The summed E-state index contributed by atoms with van der Waals surface area (Å²) in [6.07, 6.45) is 8.50. The maximum absolute atomic E-state index is 15.0. The van der Waals surface area contributed by atoms with Gasteiger partial charge in [-0.05, 0) is 69.0 Å². The van der Waals surface area contributed by atoms with Gasteiger partial charge in [-0.3, -0.25) is 14.4 Å². The summed E-state index contributed by atoms with van der Waals surface area (Å²) in [7, 11) is 0. The Labute approximate surface area is 280 Å². The van der Waals surface area contributed by atoms with E-state index in [0.29, 0.717) is 41.7 Å². The molecular formula is C36H42ClN3O5S. The molecule has 46 heavy (non-hydrogen) atoms. The molecule has 2 saturated heterocycles. The summed E-state index contributed by atoms with van der Waals surface area (Å²) in [5.74, 6) is -1.37. The van der Waals surface area contributed by atoms with Crippen LogP contribution in [0, 0.1) is 24.7 Å². The minimum atomic E-state index is -1.04. The lowest BCUT2D eigenvalue weighted by atomic mass is 9.74. The van der Waals surface area contributed by atoms with Gasteiger partial charge in [-0.1, -0.05) is 61.9 Å². The first-order valence-corrected chi connectivity index (χ1v) is 17.3. The monoisotopic (exact) mass is 663 g/mol. The Kier molecular flexibility index (Phi) is 8.80. The molecule has 2 fully saturated rings. The van der Waals surface area contributed by atoms with E-state index in [-0.39, 0.29) is 36.8 Å². The minimum absolute atomic E-state index is 0.159. The Bertz CT molecular complexity index is 1570. The number of amides is 3. The number of benzene rings is 2. The lowest BCUT2D eigenvalue weighted by Crippen LogP contribution is -2.57. The number of anilines is 2. The second-order valence-corrected chi connectivity index (χ2v) is 15.4. The zero-order valence-corrected chi connectivity index (χ0v) is 28.6. The minimum Gasteiger partial charge on any atom is -0.494 e. The second-order valence-electron chi connectivity index (χ2n) is 13.2. The van der Waals surface area contributed by atoms with Crippen molar-refractivity contribution >= 4 is 52.5 Å². The third-order valence-corrected chi connectivity index (χ3v) is 11.9. The molecule has 0 radical (unpaired) electrons. The molecule has 244 valence electrons. The summed E-state index contributed by atoms with van der Waals surface area (Å²) in [6.45, 7) is 10.8. The zero-order valence-electron chi connectivity index (χ0n) is 27.0. The SMILES string of the molecule is CCOc1ccc(N2CC=C[C@@]3(C)S[C@]45C=CCN(c6c(C)cccc6Cl)C(=O)C4N([C@@H](CO)CC(C)C)C(=O)[C@@H]5[C@H]3C2=O)cc1. The fourth-order valence-corrected chi connectivity index (χ4v) is 10.4. The number of hydrogen-bond acceptors (Lipinski definition) is 6. The van der Waals surface area contributed by atoms with Crippen LogP contribution in [0.25, 0.3) is 0 Å². The first-order valence-electron chi connectivity index (χ1n) is 16.1. The highest BCUT2D eigenvalue weighted by atomic mass is 35.5. The predicted molar refractivity (Wildman–Crippen MR) is 183 cm³/mol. The summed E-state index contributed by atoms with van der Waals surface area (Å²) < 4.78 is 3.83. The molecular weight excluding hydrogens is 622 g/mol. The average molecular weight is 664 g/mol. The maximum Gasteiger partial charge on any atom is 0.251 e. The van der Waals surface area contributed by atoms with Crippen LogP contribution in [0.4, 0.5) is 11.4 Å². The molecule has 0 saturated carbocycles. The van der Waals surface area contributed by atoms with Crippen molar-refractivity contribution in [2.75, 3.05) is 36.1 Å². The number of rotatable bonds is 8. The Hall–Kier alpha value is -3.27. The highest BCUT2D eigenvalue weighted by Gasteiger charge is 2.74. The largest absolute Gasteiger partial charge is 0.494 e. The van der Waals surface area contributed by atoms with Gasteiger partial charge in [0.15, 0.2) is 0 Å². The number of para-hydroxylation sites is 1. The van der Waals surface area contributed by atoms with Crippen LogP contribution < -0.4 is 14.5 Å². The first-order chi connectivity index (χ1) is 22.0. The molecule has 8 nitrogen and oxygen atoms in total. The average Bonchev–Trinajstić information content (AvgIpc) is 3.29. The van der Waals surface area contributed by atoms with E-state index in [2.05, 4.69) is 0 Å². The van der Waals surface area contributed by atoms with Crippen LogP contribution in [-0.2, 0) is 14.4 Å². The van der Waals surface area contributed by atoms with Crippen molar-refractivity contribution in [1.82, 2.24) is 4.90 Å². The van der Waals surface area contributed by atoms with Gasteiger partial charge in [0.1, 0.15) is 11.8 Å². The van der Waals surface area contributed by atoms with Crippen LogP contribution >= 0.6 is 23.4 Å². The molecule has 1 N–H and O–H groups in total. The molecule has 2 aromatic rings.